The van der Waals surface area contributed by atoms with Gasteiger partial charge in [0.2, 0.25) is 19.9 Å². The number of benzene rings is 6. The molecular formula is C78H77F9N6O18. The molecule has 0 saturated carbocycles. The summed E-state index contributed by atoms with van der Waals surface area (Å²) in [6.07, 6.45) is -14.5. The van der Waals surface area contributed by atoms with Crippen molar-refractivity contribution in [2.45, 2.75) is 158 Å². The van der Waals surface area contributed by atoms with Crippen LogP contribution in [0.1, 0.15) is 115 Å². The smallest absolute Gasteiger partial charge is 0.491 e. The van der Waals surface area contributed by atoms with Crippen molar-refractivity contribution in [1.82, 2.24) is 19.6 Å². The Hall–Kier alpha value is -10.6. The Morgan fingerprint density at radius 2 is 0.946 bits per heavy atom. The van der Waals surface area contributed by atoms with E-state index in [1.54, 1.807) is 0 Å². The van der Waals surface area contributed by atoms with Gasteiger partial charge < -0.3 is 61.9 Å². The van der Waals surface area contributed by atoms with E-state index < -0.39 is 97.0 Å². The highest BCUT2D eigenvalue weighted by molar-refractivity contribution is 5.82. The van der Waals surface area contributed by atoms with Gasteiger partial charge in [0.15, 0.2) is 52.8 Å². The van der Waals surface area contributed by atoms with Crippen LogP contribution in [0.3, 0.4) is 0 Å². The number of phenols is 1. The third kappa shape index (κ3) is 15.3. The SMILES string of the molecule is COCOc1c(OC)c(C)cc2c1[C@@H]1C3Cc4c(OC(=O)C(F)(F)F)c(C)c5c(c4[C@H](COC(=O)CCc4ccccc4)N3[C@@H](C#N)[C@H](C2)N1C)OCO5.COc1c(C)cc2c(c1O)[C@@H]1C3Cc4c(OC(=O)C(F)(F)F)c(C)c5c(c4[C@H](COC(=O)CCc4ccccc4)N3[C@@H](C#N)[C@H](C2)N1C)OCO5.O=CC(F)(F)F. The molecule has 0 spiro atoms. The largest absolute Gasteiger partial charge is 0.504 e. The molecule has 8 aliphatic rings. The van der Waals surface area contributed by atoms with Crippen LogP contribution in [-0.2, 0) is 76.7 Å². The molecule has 24 nitrogen and oxygen atoms in total. The maximum atomic E-state index is 13.8. The number of esters is 4. The second-order valence-corrected chi connectivity index (χ2v) is 27.8. The van der Waals surface area contributed by atoms with Gasteiger partial charge in [-0.3, -0.25) is 34.0 Å². The van der Waals surface area contributed by atoms with E-state index >= 15 is 0 Å². The zero-order valence-electron chi connectivity index (χ0n) is 61.4. The molecule has 111 heavy (non-hydrogen) atoms. The van der Waals surface area contributed by atoms with Gasteiger partial charge in [0.05, 0.1) is 50.5 Å². The van der Waals surface area contributed by atoms with E-state index in [0.717, 1.165) is 33.4 Å². The van der Waals surface area contributed by atoms with Crippen LogP contribution in [0.25, 0.3) is 0 Å². The van der Waals surface area contributed by atoms with Crippen molar-refractivity contribution in [2.75, 3.05) is 69.0 Å². The molecule has 590 valence electrons. The van der Waals surface area contributed by atoms with Crippen LogP contribution in [0.5, 0.6) is 57.5 Å². The lowest BCUT2D eigenvalue weighted by molar-refractivity contribution is -0.189. The highest BCUT2D eigenvalue weighted by atomic mass is 19.4. The van der Waals surface area contributed by atoms with E-state index in [1.807, 2.05) is 115 Å². The number of rotatable bonds is 17. The first-order valence-electron chi connectivity index (χ1n) is 35.2. The van der Waals surface area contributed by atoms with Crippen molar-refractivity contribution < 1.29 is 125 Å². The zero-order chi connectivity index (χ0) is 80.0. The highest BCUT2D eigenvalue weighted by Gasteiger charge is 2.60. The Bertz CT molecular complexity index is 4690. The summed E-state index contributed by atoms with van der Waals surface area (Å²) < 4.78 is 182. The number of halogens is 9. The Morgan fingerprint density at radius 3 is 1.33 bits per heavy atom. The van der Waals surface area contributed by atoms with E-state index in [1.165, 1.54) is 35.2 Å². The number of methoxy groups -OCH3 is 3. The fraction of sp³-hybridized carbons (Fsp3) is 0.449. The van der Waals surface area contributed by atoms with E-state index in [4.69, 9.17) is 61.6 Å². The molecule has 8 heterocycles. The Kier molecular flexibility index (Phi) is 23.1. The molecule has 6 aromatic rings. The summed E-state index contributed by atoms with van der Waals surface area (Å²) >= 11 is 0. The minimum atomic E-state index is -5.29. The summed E-state index contributed by atoms with van der Waals surface area (Å²) in [6.45, 7) is 5.54. The van der Waals surface area contributed by atoms with E-state index in [-0.39, 0.29) is 140 Å². The predicted molar refractivity (Wildman–Crippen MR) is 370 cm³/mol. The van der Waals surface area contributed by atoms with Crippen LogP contribution in [0, 0.1) is 50.4 Å². The van der Waals surface area contributed by atoms with Gasteiger partial charge in [0.25, 0.3) is 0 Å². The number of piperazine rings is 2. The number of alkyl halides is 9. The van der Waals surface area contributed by atoms with Crippen LogP contribution >= 0.6 is 0 Å². The average Bonchev–Trinajstić information content (AvgIpc) is 1.69. The number of aryl methyl sites for hydroxylation is 4. The van der Waals surface area contributed by atoms with Gasteiger partial charge in [-0.25, -0.2) is 9.59 Å². The van der Waals surface area contributed by atoms with Crippen LogP contribution in [0.15, 0.2) is 72.8 Å². The minimum Gasteiger partial charge on any atom is -0.504 e. The number of fused-ring (bicyclic) bond motifs is 18. The summed E-state index contributed by atoms with van der Waals surface area (Å²) in [6, 6.07) is 21.1. The van der Waals surface area contributed by atoms with Gasteiger partial charge in [-0.15, -0.1) is 0 Å². The average molecular weight is 1560 g/mol. The first-order valence-corrected chi connectivity index (χ1v) is 35.2. The van der Waals surface area contributed by atoms with Crippen molar-refractivity contribution in [1.29, 1.82) is 10.5 Å². The Morgan fingerprint density at radius 1 is 0.550 bits per heavy atom. The summed E-state index contributed by atoms with van der Waals surface area (Å²) in [4.78, 5) is 68.1. The van der Waals surface area contributed by atoms with E-state index in [9.17, 15) is 74.3 Å². The van der Waals surface area contributed by atoms with Crippen LogP contribution in [0.2, 0.25) is 0 Å². The molecular weight excluding hydrogens is 1480 g/mol. The van der Waals surface area contributed by atoms with Crippen molar-refractivity contribution in [3.63, 3.8) is 0 Å². The molecule has 33 heteroatoms. The number of likely N-dealkylation sites (N-methyl/N-ethyl adjacent to an activating group) is 2. The minimum absolute atomic E-state index is 0.0132. The molecule has 0 amide bonds. The molecule has 0 aromatic heterocycles. The lowest BCUT2D eigenvalue weighted by atomic mass is 9.71. The fourth-order valence-electron chi connectivity index (χ4n) is 17.1. The van der Waals surface area contributed by atoms with Crippen molar-refractivity contribution in [2.24, 2.45) is 0 Å². The number of nitriles is 2. The third-order valence-electron chi connectivity index (χ3n) is 21.5. The Balaban J connectivity index is 0.000000192. The van der Waals surface area contributed by atoms with Gasteiger partial charge in [0, 0.05) is 88.6 Å². The van der Waals surface area contributed by atoms with E-state index in [0.29, 0.717) is 59.4 Å². The first kappa shape index (κ1) is 80.0. The maximum Gasteiger partial charge on any atom is 0.491 e. The third-order valence-corrected chi connectivity index (χ3v) is 21.5. The van der Waals surface area contributed by atoms with Crippen molar-refractivity contribution in [3.05, 3.63) is 151 Å². The second kappa shape index (κ2) is 32.0. The number of nitrogens with zero attached hydrogens (tertiary/aromatic N) is 6. The number of carbonyl (C=O) groups excluding carboxylic acids is 5. The van der Waals surface area contributed by atoms with Gasteiger partial charge in [-0.05, 0) is 114 Å². The molecule has 4 bridgehead atoms. The molecule has 2 unspecified atom stereocenters. The monoisotopic (exact) mass is 1560 g/mol. The molecule has 8 aliphatic heterocycles. The van der Waals surface area contributed by atoms with Gasteiger partial charge in [0.1, 0.15) is 36.8 Å². The lowest BCUT2D eigenvalue weighted by Gasteiger charge is -2.59. The molecule has 6 aromatic carbocycles. The quantitative estimate of drug-likeness (QED) is 0.0292. The predicted octanol–water partition coefficient (Wildman–Crippen LogP) is 11.3. The Labute approximate surface area is 630 Å². The number of aldehydes is 1. The first-order chi connectivity index (χ1) is 52.8. The standard InChI is InChI=1S/C39H40F3N3O9.C37H36F3N3O8.C2HF3O/c1-20-13-23-14-25-27(16-43)45-26(32(44(25)3)30(23)36(33(20)49-5)51-18-48-4)15-24-31(28(45)17-50-29(46)12-11-22-9-7-6-8-10-22)37-35(52-19-53-37)21(2)34(24)54-38(47)39(40,41)42;1-18-12-21-13-23-25(15-41)43-24(30(42(23)3)28(21)31(45)32(18)47-4)14-22-29(26(43)16-48-27(44)11-10-20-8-6-5-7-9-20)35-34(49-17-50-35)19(2)33(22)51-36(46)37(38,39)40;3-2(4,5)1-6/h6-10,13,25-28,32H,11-12,14-15,17-19H2,1-5H3;5-9,12,23-26,30,45H,10-11,13-14,16-17H2,1-4H3;1H/t25-,26?,27-,28-,32-;23-,24?,25-,26-,30-;/m00./s1. The van der Waals surface area contributed by atoms with Crippen molar-refractivity contribution in [3.8, 4) is 69.6 Å². The molecule has 1 N–H and O–H groups in total. The normalized spacial score (nSPS) is 22.4. The van der Waals surface area contributed by atoms with Crippen LogP contribution < -0.4 is 42.6 Å². The van der Waals surface area contributed by atoms with Gasteiger partial charge in [-0.1, -0.05) is 72.8 Å². The number of ether oxygens (including phenoxy) is 12. The molecule has 0 radical (unpaired) electrons. The number of aromatic hydroxyl groups is 1. The molecule has 2 fully saturated rings. The summed E-state index contributed by atoms with van der Waals surface area (Å²) in [5.74, 6) is -4.65. The van der Waals surface area contributed by atoms with Gasteiger partial charge in [-0.2, -0.15) is 50.0 Å². The van der Waals surface area contributed by atoms with Crippen molar-refractivity contribution >= 4 is 30.2 Å². The highest BCUT2D eigenvalue weighted by Crippen LogP contribution is 2.62. The summed E-state index contributed by atoms with van der Waals surface area (Å²) in [5, 5.41) is 33.4. The molecule has 10 atom stereocenters. The topological polar surface area (TPSA) is 277 Å². The number of carbonyl (C=O) groups is 5. The van der Waals surface area contributed by atoms with E-state index in [2.05, 4.69) is 17.0 Å². The summed E-state index contributed by atoms with van der Waals surface area (Å²) in [5.41, 5.74) is 7.91. The number of hydrogen-bond donors (Lipinski definition) is 1. The lowest BCUT2D eigenvalue weighted by Crippen LogP contribution is -2.68. The molecule has 0 aliphatic carbocycles. The maximum absolute atomic E-state index is 13.8. The summed E-state index contributed by atoms with van der Waals surface area (Å²) in [7, 11) is 8.23. The fourth-order valence-corrected chi connectivity index (χ4v) is 17.1. The zero-order valence-corrected chi connectivity index (χ0v) is 61.4. The number of phenolic OH excluding ortho intramolecular Hbond substituents is 1. The number of hydrogen-bond acceptors (Lipinski definition) is 24. The van der Waals surface area contributed by atoms with Crippen LogP contribution in [0.4, 0.5) is 39.5 Å². The second-order valence-electron chi connectivity index (χ2n) is 27.8. The van der Waals surface area contributed by atoms with Gasteiger partial charge >= 0.3 is 42.4 Å². The molecule has 14 rings (SSSR count). The molecule has 2 saturated heterocycles. The van der Waals surface area contributed by atoms with Crippen LogP contribution in [-0.4, -0.2) is 179 Å².